The average Bonchev–Trinajstić information content (AvgIpc) is 3.72. The van der Waals surface area contributed by atoms with Gasteiger partial charge in [0.15, 0.2) is 5.15 Å². The van der Waals surface area contributed by atoms with E-state index in [1.54, 1.807) is 65.4 Å². The first kappa shape index (κ1) is 31.2. The van der Waals surface area contributed by atoms with Gasteiger partial charge in [-0.15, -0.1) is 5.10 Å². The van der Waals surface area contributed by atoms with Gasteiger partial charge in [-0.25, -0.2) is 19.3 Å². The number of fused-ring (bicyclic) bond motifs is 4. The predicted molar refractivity (Wildman–Crippen MR) is 180 cm³/mol. The number of anilines is 1. The third-order valence-electron chi connectivity index (χ3n) is 8.24. The first-order valence-electron chi connectivity index (χ1n) is 15.1. The SMILES string of the molecule is COc1ccc(-n2cc3c(n2)-c2ccnc(c2)C(n2cnc(-c4cc(Cl)ccc4-n4cc(Cl)nn4)cc2=O)CCCC(C)C(=O)N3)cn1. The molecule has 2 atom stereocenters. The molecule has 1 amide bonds. The first-order valence-corrected chi connectivity index (χ1v) is 15.9. The van der Waals surface area contributed by atoms with Crippen molar-refractivity contribution < 1.29 is 9.53 Å². The number of methoxy groups -OCH3 is 1. The minimum atomic E-state index is -0.460. The lowest BCUT2D eigenvalue weighted by Crippen LogP contribution is -2.27. The van der Waals surface area contributed by atoms with Crippen LogP contribution in [-0.4, -0.2) is 57.3 Å². The Morgan fingerprint density at radius 1 is 0.958 bits per heavy atom. The Bertz CT molecular complexity index is 2190. The van der Waals surface area contributed by atoms with Crippen molar-refractivity contribution in [3.63, 3.8) is 0 Å². The molecule has 2 unspecified atom stereocenters. The molecule has 242 valence electrons. The number of nitrogens with zero attached hydrogens (tertiary/aromatic N) is 9. The Morgan fingerprint density at radius 3 is 2.58 bits per heavy atom. The maximum atomic E-state index is 13.9. The standard InChI is InChI=1S/C33H28Cl2N10O3/c1-19-4-3-5-28(43-18-38-24(14-31(43)46)23-13-21(34)6-8-27(23)45-17-29(35)40-42-45)25-12-20(10-11-36-25)32-26(39-33(19)47)16-44(41-32)22-7-9-30(48-2)37-15-22/h6-19,28H,3-5H2,1-2H3,(H,39,47). The normalized spacial score (nSPS) is 16.4. The molecule has 13 nitrogen and oxygen atoms in total. The summed E-state index contributed by atoms with van der Waals surface area (Å²) < 4.78 is 9.92. The lowest BCUT2D eigenvalue weighted by molar-refractivity contribution is -0.119. The van der Waals surface area contributed by atoms with Crippen LogP contribution in [0, 0.1) is 5.92 Å². The van der Waals surface area contributed by atoms with Crippen molar-refractivity contribution in [2.24, 2.45) is 5.92 Å². The van der Waals surface area contributed by atoms with Crippen molar-refractivity contribution in [1.82, 2.24) is 44.3 Å². The predicted octanol–water partition coefficient (Wildman–Crippen LogP) is 5.80. The number of aromatic nitrogens is 9. The van der Waals surface area contributed by atoms with Crippen LogP contribution in [0.2, 0.25) is 10.2 Å². The topological polar surface area (TPSA) is 148 Å². The van der Waals surface area contributed by atoms with Crippen LogP contribution >= 0.6 is 23.2 Å². The fourth-order valence-electron chi connectivity index (χ4n) is 5.72. The van der Waals surface area contributed by atoms with Gasteiger partial charge in [0, 0.05) is 40.4 Å². The fourth-order valence-corrected chi connectivity index (χ4v) is 6.02. The van der Waals surface area contributed by atoms with Crippen molar-refractivity contribution in [3.05, 3.63) is 106 Å². The second-order valence-electron chi connectivity index (χ2n) is 11.4. The molecule has 6 heterocycles. The van der Waals surface area contributed by atoms with Crippen LogP contribution < -0.4 is 15.6 Å². The smallest absolute Gasteiger partial charge is 0.254 e. The summed E-state index contributed by atoms with van der Waals surface area (Å²) in [6.07, 6.45) is 9.97. The van der Waals surface area contributed by atoms with E-state index in [0.717, 1.165) is 5.56 Å². The number of amides is 1. The number of carbonyl (C=O) groups is 1. The number of hydrogen-bond acceptors (Lipinski definition) is 9. The monoisotopic (exact) mass is 682 g/mol. The maximum Gasteiger partial charge on any atom is 0.254 e. The van der Waals surface area contributed by atoms with E-state index in [9.17, 15) is 9.59 Å². The molecule has 1 aliphatic rings. The third kappa shape index (κ3) is 6.17. The summed E-state index contributed by atoms with van der Waals surface area (Å²) in [5.41, 5.74) is 4.49. The molecular weight excluding hydrogens is 655 g/mol. The molecule has 1 aliphatic heterocycles. The molecule has 5 aromatic heterocycles. The largest absolute Gasteiger partial charge is 0.481 e. The van der Waals surface area contributed by atoms with Gasteiger partial charge in [-0.05, 0) is 49.2 Å². The lowest BCUT2D eigenvalue weighted by atomic mass is 9.97. The summed E-state index contributed by atoms with van der Waals surface area (Å²) in [6, 6.07) is 13.5. The van der Waals surface area contributed by atoms with Gasteiger partial charge in [0.05, 0.1) is 66.5 Å². The molecule has 6 aromatic rings. The molecule has 7 rings (SSSR count). The van der Waals surface area contributed by atoms with E-state index in [1.807, 2.05) is 25.1 Å². The van der Waals surface area contributed by atoms with Crippen LogP contribution in [0.15, 0.2) is 84.4 Å². The van der Waals surface area contributed by atoms with Gasteiger partial charge in [-0.3, -0.25) is 19.1 Å². The van der Waals surface area contributed by atoms with Gasteiger partial charge in [0.1, 0.15) is 5.69 Å². The summed E-state index contributed by atoms with van der Waals surface area (Å²) >= 11 is 12.4. The average molecular weight is 684 g/mol. The van der Waals surface area contributed by atoms with Gasteiger partial charge >= 0.3 is 0 Å². The lowest BCUT2D eigenvalue weighted by Gasteiger charge is -2.22. The molecule has 2 bridgehead atoms. The van der Waals surface area contributed by atoms with Crippen LogP contribution in [0.25, 0.3) is 33.9 Å². The number of halogens is 2. The molecule has 0 saturated heterocycles. The Balaban J connectivity index is 1.29. The highest BCUT2D eigenvalue weighted by Gasteiger charge is 2.24. The molecular formula is C33H28Cl2N10O3. The van der Waals surface area contributed by atoms with Gasteiger partial charge in [-0.2, -0.15) is 5.10 Å². The zero-order valence-corrected chi connectivity index (χ0v) is 27.3. The second-order valence-corrected chi connectivity index (χ2v) is 12.2. The summed E-state index contributed by atoms with van der Waals surface area (Å²) in [6.45, 7) is 1.89. The molecule has 0 fully saturated rings. The van der Waals surface area contributed by atoms with E-state index in [4.69, 9.17) is 38.0 Å². The highest BCUT2D eigenvalue weighted by molar-refractivity contribution is 6.31. The first-order chi connectivity index (χ1) is 23.3. The highest BCUT2D eigenvalue weighted by Crippen LogP contribution is 2.33. The Kier molecular flexibility index (Phi) is 8.46. The van der Waals surface area contributed by atoms with Crippen LogP contribution in [-0.2, 0) is 4.79 Å². The highest BCUT2D eigenvalue weighted by atomic mass is 35.5. The summed E-state index contributed by atoms with van der Waals surface area (Å²) in [7, 11) is 1.55. The minimum absolute atomic E-state index is 0.121. The van der Waals surface area contributed by atoms with Crippen molar-refractivity contribution in [2.75, 3.05) is 12.4 Å². The number of hydrogen-bond donors (Lipinski definition) is 1. The summed E-state index contributed by atoms with van der Waals surface area (Å²) in [5.74, 6) is 0.0609. The Labute approximate surface area is 284 Å². The van der Waals surface area contributed by atoms with Crippen LogP contribution in [0.3, 0.4) is 0 Å². The number of nitrogens with one attached hydrogen (secondary N) is 1. The summed E-state index contributed by atoms with van der Waals surface area (Å²) in [4.78, 5) is 40.8. The Hall–Kier alpha value is -5.40. The van der Waals surface area contributed by atoms with E-state index in [2.05, 4.69) is 25.6 Å². The molecule has 1 aromatic carbocycles. The van der Waals surface area contributed by atoms with E-state index in [0.29, 0.717) is 69.9 Å². The zero-order chi connectivity index (χ0) is 33.4. The number of pyridine rings is 2. The zero-order valence-electron chi connectivity index (χ0n) is 25.8. The molecule has 15 heteroatoms. The van der Waals surface area contributed by atoms with E-state index in [-0.39, 0.29) is 22.5 Å². The van der Waals surface area contributed by atoms with E-state index in [1.165, 1.54) is 17.1 Å². The molecule has 1 N–H and O–H groups in total. The fraction of sp³-hybridized carbons (Fsp3) is 0.212. The Morgan fingerprint density at radius 2 is 1.83 bits per heavy atom. The molecule has 48 heavy (non-hydrogen) atoms. The summed E-state index contributed by atoms with van der Waals surface area (Å²) in [5, 5.41) is 16.5. The van der Waals surface area contributed by atoms with Gasteiger partial charge < -0.3 is 10.1 Å². The van der Waals surface area contributed by atoms with Gasteiger partial charge in [-0.1, -0.05) is 41.8 Å². The second kappa shape index (κ2) is 13.0. The van der Waals surface area contributed by atoms with Crippen molar-refractivity contribution in [2.45, 2.75) is 32.2 Å². The number of ether oxygens (including phenoxy) is 1. The quantitative estimate of drug-likeness (QED) is 0.238. The van der Waals surface area contributed by atoms with Crippen molar-refractivity contribution >= 4 is 34.8 Å². The number of rotatable bonds is 5. The number of benzene rings is 1. The molecule has 0 spiro atoms. The van der Waals surface area contributed by atoms with Crippen LogP contribution in [0.5, 0.6) is 5.88 Å². The van der Waals surface area contributed by atoms with Crippen LogP contribution in [0.4, 0.5) is 5.69 Å². The third-order valence-corrected chi connectivity index (χ3v) is 8.65. The van der Waals surface area contributed by atoms with Crippen LogP contribution in [0.1, 0.15) is 37.9 Å². The van der Waals surface area contributed by atoms with E-state index < -0.39 is 6.04 Å². The van der Waals surface area contributed by atoms with Gasteiger partial charge in [0.25, 0.3) is 5.56 Å². The molecule has 0 aliphatic carbocycles. The van der Waals surface area contributed by atoms with Crippen molar-refractivity contribution in [3.8, 4) is 39.8 Å². The minimum Gasteiger partial charge on any atom is -0.481 e. The van der Waals surface area contributed by atoms with Crippen molar-refractivity contribution in [1.29, 1.82) is 0 Å². The molecule has 0 radical (unpaired) electrons. The molecule has 0 saturated carbocycles. The number of carbonyl (C=O) groups excluding carboxylic acids is 1. The van der Waals surface area contributed by atoms with Gasteiger partial charge in [0.2, 0.25) is 11.8 Å². The van der Waals surface area contributed by atoms with E-state index >= 15 is 0 Å². The maximum absolute atomic E-state index is 13.9.